The number of hydrogen-bond acceptors (Lipinski definition) is 2. The second-order valence-electron chi connectivity index (χ2n) is 5.15. The summed E-state index contributed by atoms with van der Waals surface area (Å²) >= 11 is 0. The van der Waals surface area contributed by atoms with Gasteiger partial charge in [0.15, 0.2) is 0 Å². The van der Waals surface area contributed by atoms with Gasteiger partial charge in [0.25, 0.3) is 0 Å². The van der Waals surface area contributed by atoms with Gasteiger partial charge < -0.3 is 9.64 Å². The van der Waals surface area contributed by atoms with Gasteiger partial charge in [0.2, 0.25) is 0 Å². The van der Waals surface area contributed by atoms with E-state index < -0.39 is 5.60 Å². The van der Waals surface area contributed by atoms with E-state index in [9.17, 15) is 4.79 Å². The maximum absolute atomic E-state index is 11.9. The Morgan fingerprint density at radius 2 is 2.18 bits per heavy atom. The van der Waals surface area contributed by atoms with Crippen LogP contribution in [0.2, 0.25) is 0 Å². The minimum absolute atomic E-state index is 0.264. The highest BCUT2D eigenvalue weighted by Crippen LogP contribution is 2.19. The summed E-state index contributed by atoms with van der Waals surface area (Å²) in [4.78, 5) is 13.6. The maximum Gasteiger partial charge on any atom is 0.410 e. The van der Waals surface area contributed by atoms with Crippen LogP contribution in [0.5, 0.6) is 0 Å². The van der Waals surface area contributed by atoms with Gasteiger partial charge in [0.1, 0.15) is 5.60 Å². The second kappa shape index (κ2) is 5.21. The number of rotatable bonds is 2. The van der Waals surface area contributed by atoms with Crippen molar-refractivity contribution in [3.63, 3.8) is 0 Å². The SMILES string of the molecule is C=CC(=C)C1=CCCN(C(=O)OC(C)(C)C)C1. The van der Waals surface area contributed by atoms with Crippen LogP contribution in [0.1, 0.15) is 27.2 Å². The highest BCUT2D eigenvalue weighted by molar-refractivity contribution is 5.69. The van der Waals surface area contributed by atoms with Crippen LogP contribution in [0.25, 0.3) is 0 Å². The minimum Gasteiger partial charge on any atom is -0.444 e. The number of hydrogen-bond donors (Lipinski definition) is 0. The zero-order valence-corrected chi connectivity index (χ0v) is 11.0. The van der Waals surface area contributed by atoms with Crippen molar-refractivity contribution < 1.29 is 9.53 Å². The first-order valence-corrected chi connectivity index (χ1v) is 5.82. The third-order valence-corrected chi connectivity index (χ3v) is 2.46. The van der Waals surface area contributed by atoms with Crippen LogP contribution < -0.4 is 0 Å². The normalized spacial score (nSPS) is 16.2. The lowest BCUT2D eigenvalue weighted by molar-refractivity contribution is 0.0264. The first-order chi connectivity index (χ1) is 7.83. The molecule has 0 radical (unpaired) electrons. The average molecular weight is 235 g/mol. The first-order valence-electron chi connectivity index (χ1n) is 5.82. The summed E-state index contributed by atoms with van der Waals surface area (Å²) in [6, 6.07) is 0. The van der Waals surface area contributed by atoms with Crippen LogP contribution in [0.15, 0.2) is 36.5 Å². The smallest absolute Gasteiger partial charge is 0.410 e. The summed E-state index contributed by atoms with van der Waals surface area (Å²) < 4.78 is 5.34. The molecule has 0 aliphatic carbocycles. The Hall–Kier alpha value is -1.51. The van der Waals surface area contributed by atoms with Crippen LogP contribution in [0.4, 0.5) is 4.79 Å². The van der Waals surface area contributed by atoms with Crippen LogP contribution in [0, 0.1) is 0 Å². The van der Waals surface area contributed by atoms with Gasteiger partial charge in [-0.2, -0.15) is 0 Å². The molecule has 0 unspecified atom stereocenters. The van der Waals surface area contributed by atoms with Gasteiger partial charge in [-0.3, -0.25) is 0 Å². The van der Waals surface area contributed by atoms with Gasteiger partial charge >= 0.3 is 6.09 Å². The van der Waals surface area contributed by atoms with Crippen molar-refractivity contribution in [2.24, 2.45) is 0 Å². The summed E-state index contributed by atoms with van der Waals surface area (Å²) in [6.07, 6.45) is 4.39. The Labute approximate surface area is 103 Å². The van der Waals surface area contributed by atoms with Crippen molar-refractivity contribution in [2.45, 2.75) is 32.8 Å². The predicted molar refractivity (Wildman–Crippen MR) is 69.8 cm³/mol. The fourth-order valence-electron chi connectivity index (χ4n) is 1.59. The summed E-state index contributed by atoms with van der Waals surface area (Å²) in [5.74, 6) is 0. The lowest BCUT2D eigenvalue weighted by Crippen LogP contribution is -2.40. The molecule has 3 heteroatoms. The molecule has 1 aliphatic heterocycles. The largest absolute Gasteiger partial charge is 0.444 e. The van der Waals surface area contributed by atoms with Crippen molar-refractivity contribution in [1.82, 2.24) is 4.90 Å². The number of ether oxygens (including phenoxy) is 1. The molecule has 17 heavy (non-hydrogen) atoms. The van der Waals surface area contributed by atoms with E-state index in [2.05, 4.69) is 19.2 Å². The molecule has 0 aromatic rings. The quantitative estimate of drug-likeness (QED) is 0.687. The molecule has 0 fully saturated rings. The fraction of sp³-hybridized carbons (Fsp3) is 0.500. The Kier molecular flexibility index (Phi) is 4.16. The molecule has 1 amide bonds. The van der Waals surface area contributed by atoms with Gasteiger partial charge in [-0.25, -0.2) is 4.79 Å². The molecule has 1 heterocycles. The van der Waals surface area contributed by atoms with E-state index in [1.807, 2.05) is 20.8 Å². The fourth-order valence-corrected chi connectivity index (χ4v) is 1.59. The molecule has 0 aromatic heterocycles. The molecule has 0 spiro atoms. The van der Waals surface area contributed by atoms with Gasteiger partial charge in [-0.15, -0.1) is 0 Å². The molecule has 94 valence electrons. The van der Waals surface area contributed by atoms with Crippen LogP contribution in [-0.2, 0) is 4.74 Å². The van der Waals surface area contributed by atoms with E-state index in [4.69, 9.17) is 4.74 Å². The van der Waals surface area contributed by atoms with Crippen molar-refractivity contribution in [3.8, 4) is 0 Å². The zero-order valence-electron chi connectivity index (χ0n) is 11.0. The van der Waals surface area contributed by atoms with Crippen molar-refractivity contribution in [3.05, 3.63) is 36.5 Å². The Morgan fingerprint density at radius 3 is 2.71 bits per heavy atom. The standard InChI is InChI=1S/C14H21NO2/c1-6-11(2)12-8-7-9-15(10-12)13(16)17-14(3,4)5/h6,8H,1-2,7,9-10H2,3-5H3. The Morgan fingerprint density at radius 1 is 1.53 bits per heavy atom. The van der Waals surface area contributed by atoms with Gasteiger partial charge in [0.05, 0.1) is 0 Å². The van der Waals surface area contributed by atoms with Gasteiger partial charge in [-0.05, 0) is 38.3 Å². The molecule has 0 aromatic carbocycles. The predicted octanol–water partition coefficient (Wildman–Crippen LogP) is 3.30. The number of amides is 1. The van der Waals surface area contributed by atoms with Crippen molar-refractivity contribution in [1.29, 1.82) is 0 Å². The number of carbonyl (C=O) groups excluding carboxylic acids is 1. The molecule has 1 rings (SSSR count). The highest BCUT2D eigenvalue weighted by atomic mass is 16.6. The van der Waals surface area contributed by atoms with E-state index in [1.54, 1.807) is 11.0 Å². The summed E-state index contributed by atoms with van der Waals surface area (Å²) in [7, 11) is 0. The van der Waals surface area contributed by atoms with Crippen LogP contribution in [-0.4, -0.2) is 29.7 Å². The van der Waals surface area contributed by atoms with E-state index in [-0.39, 0.29) is 6.09 Å². The molecule has 0 bridgehead atoms. The lowest BCUT2D eigenvalue weighted by Gasteiger charge is -2.30. The van der Waals surface area contributed by atoms with Gasteiger partial charge in [-0.1, -0.05) is 25.3 Å². The second-order valence-corrected chi connectivity index (χ2v) is 5.15. The molecule has 0 saturated heterocycles. The average Bonchev–Trinajstić information content (AvgIpc) is 2.26. The molecule has 1 aliphatic rings. The number of allylic oxidation sites excluding steroid dienone is 1. The van der Waals surface area contributed by atoms with E-state index in [0.717, 1.165) is 17.6 Å². The Bertz CT molecular complexity index is 361. The summed E-state index contributed by atoms with van der Waals surface area (Å²) in [6.45, 7) is 14.5. The molecule has 0 saturated carbocycles. The van der Waals surface area contributed by atoms with Gasteiger partial charge in [0, 0.05) is 13.1 Å². The monoisotopic (exact) mass is 235 g/mol. The molecular weight excluding hydrogens is 214 g/mol. The van der Waals surface area contributed by atoms with Crippen molar-refractivity contribution in [2.75, 3.05) is 13.1 Å². The lowest BCUT2D eigenvalue weighted by atomic mass is 10.0. The van der Waals surface area contributed by atoms with E-state index >= 15 is 0 Å². The minimum atomic E-state index is -0.451. The van der Waals surface area contributed by atoms with E-state index in [1.165, 1.54) is 0 Å². The molecule has 0 N–H and O–H groups in total. The Balaban J connectivity index is 2.64. The zero-order chi connectivity index (χ0) is 13.1. The topological polar surface area (TPSA) is 29.5 Å². The van der Waals surface area contributed by atoms with Crippen LogP contribution in [0.3, 0.4) is 0 Å². The third kappa shape index (κ3) is 4.10. The van der Waals surface area contributed by atoms with E-state index in [0.29, 0.717) is 13.1 Å². The number of nitrogens with zero attached hydrogens (tertiary/aromatic N) is 1. The molecule has 0 atom stereocenters. The third-order valence-electron chi connectivity index (χ3n) is 2.46. The highest BCUT2D eigenvalue weighted by Gasteiger charge is 2.24. The number of carbonyl (C=O) groups is 1. The summed E-state index contributed by atoms with van der Waals surface area (Å²) in [5.41, 5.74) is 1.48. The van der Waals surface area contributed by atoms with Crippen LogP contribution >= 0.6 is 0 Å². The maximum atomic E-state index is 11.9. The summed E-state index contributed by atoms with van der Waals surface area (Å²) in [5, 5.41) is 0. The molecular formula is C14H21NO2. The first kappa shape index (κ1) is 13.6. The van der Waals surface area contributed by atoms with Crippen molar-refractivity contribution >= 4 is 6.09 Å². The molecule has 3 nitrogen and oxygen atoms in total.